The molecule has 2 aromatic carbocycles. The average Bonchev–Trinajstić information content (AvgIpc) is 3.00. The molecule has 1 unspecified atom stereocenters. The first-order chi connectivity index (χ1) is 11.6. The van der Waals surface area contributed by atoms with Gasteiger partial charge in [0.2, 0.25) is 5.91 Å². The van der Waals surface area contributed by atoms with Crippen molar-refractivity contribution in [3.05, 3.63) is 65.4 Å². The molecule has 0 bridgehead atoms. The van der Waals surface area contributed by atoms with Crippen LogP contribution in [0, 0.1) is 5.92 Å². The van der Waals surface area contributed by atoms with Crippen LogP contribution in [0.4, 0.5) is 0 Å². The lowest BCUT2D eigenvalue weighted by atomic mass is 10.1. The summed E-state index contributed by atoms with van der Waals surface area (Å²) in [6.45, 7) is 2.41. The molecule has 0 aliphatic rings. The number of imidazole rings is 1. The summed E-state index contributed by atoms with van der Waals surface area (Å²) in [6, 6.07) is 15.1. The Morgan fingerprint density at radius 1 is 1.29 bits per heavy atom. The lowest BCUT2D eigenvalue weighted by Crippen LogP contribution is -2.27. The summed E-state index contributed by atoms with van der Waals surface area (Å²) < 4.78 is 1.97. The SMILES string of the molecule is CC(Cn1cnc2ccccc21)C(=O)N/N=C/c1ccc(Cl)cc1. The van der Waals surface area contributed by atoms with E-state index in [1.165, 1.54) is 0 Å². The highest BCUT2D eigenvalue weighted by atomic mass is 35.5. The van der Waals surface area contributed by atoms with Crippen LogP contribution in [-0.4, -0.2) is 21.7 Å². The van der Waals surface area contributed by atoms with Gasteiger partial charge in [-0.2, -0.15) is 5.10 Å². The maximum Gasteiger partial charge on any atom is 0.244 e. The largest absolute Gasteiger partial charge is 0.330 e. The van der Waals surface area contributed by atoms with E-state index in [0.717, 1.165) is 16.6 Å². The van der Waals surface area contributed by atoms with Crippen LogP contribution in [0.2, 0.25) is 5.02 Å². The molecule has 1 atom stereocenters. The number of para-hydroxylation sites is 2. The summed E-state index contributed by atoms with van der Waals surface area (Å²) in [4.78, 5) is 16.5. The minimum atomic E-state index is -0.232. The number of fused-ring (bicyclic) bond motifs is 1. The molecule has 0 spiro atoms. The van der Waals surface area contributed by atoms with Gasteiger partial charge in [-0.05, 0) is 29.8 Å². The molecule has 5 nitrogen and oxygen atoms in total. The van der Waals surface area contributed by atoms with Crippen LogP contribution >= 0.6 is 11.6 Å². The number of aromatic nitrogens is 2. The Labute approximate surface area is 145 Å². The zero-order chi connectivity index (χ0) is 16.9. The Balaban J connectivity index is 1.59. The summed E-state index contributed by atoms with van der Waals surface area (Å²) in [5, 5.41) is 4.66. The van der Waals surface area contributed by atoms with Crippen molar-refractivity contribution in [1.82, 2.24) is 15.0 Å². The molecule has 0 saturated carbocycles. The molecule has 1 amide bonds. The normalized spacial score (nSPS) is 12.6. The van der Waals surface area contributed by atoms with Gasteiger partial charge in [0, 0.05) is 11.6 Å². The van der Waals surface area contributed by atoms with Crippen molar-refractivity contribution in [3.8, 4) is 0 Å². The Morgan fingerprint density at radius 2 is 2.04 bits per heavy atom. The predicted octanol–water partition coefficient (Wildman–Crippen LogP) is 3.48. The van der Waals surface area contributed by atoms with Crippen LogP contribution in [0.5, 0.6) is 0 Å². The molecule has 1 N–H and O–H groups in total. The van der Waals surface area contributed by atoms with Crippen molar-refractivity contribution in [1.29, 1.82) is 0 Å². The van der Waals surface area contributed by atoms with Crippen LogP contribution in [0.3, 0.4) is 0 Å². The third-order valence-corrected chi connectivity index (χ3v) is 3.96. The zero-order valence-electron chi connectivity index (χ0n) is 13.2. The molecule has 0 fully saturated rings. The van der Waals surface area contributed by atoms with Crippen LogP contribution in [0.1, 0.15) is 12.5 Å². The summed E-state index contributed by atoms with van der Waals surface area (Å²) in [5.41, 5.74) is 5.38. The number of rotatable bonds is 5. The van der Waals surface area contributed by atoms with Gasteiger partial charge in [0.15, 0.2) is 0 Å². The molecule has 0 aliphatic carbocycles. The van der Waals surface area contributed by atoms with Crippen LogP contribution in [-0.2, 0) is 11.3 Å². The predicted molar refractivity (Wildman–Crippen MR) is 96.1 cm³/mol. The number of hydrogen-bond donors (Lipinski definition) is 1. The molecule has 1 heterocycles. The summed E-state index contributed by atoms with van der Waals surface area (Å²) in [7, 11) is 0. The second-order valence-corrected chi connectivity index (χ2v) is 6.01. The number of nitrogens with zero attached hydrogens (tertiary/aromatic N) is 3. The Bertz CT molecular complexity index is 870. The Kier molecular flexibility index (Phi) is 4.91. The number of hydrogen-bond acceptors (Lipinski definition) is 3. The molecule has 0 radical (unpaired) electrons. The highest BCUT2D eigenvalue weighted by Crippen LogP contribution is 2.14. The lowest BCUT2D eigenvalue weighted by Gasteiger charge is -2.11. The highest BCUT2D eigenvalue weighted by Gasteiger charge is 2.14. The fraction of sp³-hybridized carbons (Fsp3) is 0.167. The molecule has 24 heavy (non-hydrogen) atoms. The number of carbonyl (C=O) groups is 1. The molecular weight excluding hydrogens is 324 g/mol. The number of amides is 1. The minimum absolute atomic E-state index is 0.141. The van der Waals surface area contributed by atoms with Crippen LogP contribution in [0.25, 0.3) is 11.0 Å². The van der Waals surface area contributed by atoms with Crippen LogP contribution < -0.4 is 5.43 Å². The van der Waals surface area contributed by atoms with Crippen molar-refractivity contribution >= 4 is 34.8 Å². The van der Waals surface area contributed by atoms with Gasteiger partial charge in [0.1, 0.15) is 0 Å². The van der Waals surface area contributed by atoms with E-state index in [-0.39, 0.29) is 11.8 Å². The van der Waals surface area contributed by atoms with Gasteiger partial charge in [-0.25, -0.2) is 10.4 Å². The average molecular weight is 341 g/mol. The quantitative estimate of drug-likeness (QED) is 0.571. The molecule has 3 aromatic rings. The number of halogens is 1. The van der Waals surface area contributed by atoms with Gasteiger partial charge in [-0.1, -0.05) is 42.8 Å². The Morgan fingerprint density at radius 3 is 2.83 bits per heavy atom. The monoisotopic (exact) mass is 340 g/mol. The maximum absolute atomic E-state index is 12.2. The smallest absolute Gasteiger partial charge is 0.244 e. The first-order valence-corrected chi connectivity index (χ1v) is 7.99. The van der Waals surface area contributed by atoms with Crippen molar-refractivity contribution < 1.29 is 4.79 Å². The third-order valence-electron chi connectivity index (χ3n) is 3.70. The van der Waals surface area contributed by atoms with Crippen molar-refractivity contribution in [2.45, 2.75) is 13.5 Å². The first-order valence-electron chi connectivity index (χ1n) is 7.62. The molecule has 3 rings (SSSR count). The van der Waals surface area contributed by atoms with E-state index in [1.807, 2.05) is 47.9 Å². The fourth-order valence-electron chi connectivity index (χ4n) is 2.36. The van der Waals surface area contributed by atoms with Crippen molar-refractivity contribution in [2.24, 2.45) is 11.0 Å². The van der Waals surface area contributed by atoms with E-state index < -0.39 is 0 Å². The van der Waals surface area contributed by atoms with E-state index in [9.17, 15) is 4.79 Å². The first kappa shape index (κ1) is 16.2. The van der Waals surface area contributed by atoms with Gasteiger partial charge in [0.25, 0.3) is 0 Å². The molecule has 0 aliphatic heterocycles. The zero-order valence-corrected chi connectivity index (χ0v) is 13.9. The molecule has 1 aromatic heterocycles. The maximum atomic E-state index is 12.2. The highest BCUT2D eigenvalue weighted by molar-refractivity contribution is 6.30. The standard InChI is InChI=1S/C18H17ClN4O/c1-13(11-23-12-20-16-4-2-3-5-17(16)23)18(24)22-21-10-14-6-8-15(19)9-7-14/h2-10,12-13H,11H2,1H3,(H,22,24)/b21-10+. The number of benzene rings is 2. The second-order valence-electron chi connectivity index (χ2n) is 5.57. The van der Waals surface area contributed by atoms with Crippen LogP contribution in [0.15, 0.2) is 60.0 Å². The van der Waals surface area contributed by atoms with Gasteiger partial charge >= 0.3 is 0 Å². The topological polar surface area (TPSA) is 59.3 Å². The molecule has 0 saturated heterocycles. The fourth-order valence-corrected chi connectivity index (χ4v) is 2.49. The molecule has 6 heteroatoms. The summed E-state index contributed by atoms with van der Waals surface area (Å²) >= 11 is 5.83. The lowest BCUT2D eigenvalue weighted by molar-refractivity contribution is -0.124. The van der Waals surface area contributed by atoms with Gasteiger partial charge in [-0.15, -0.1) is 0 Å². The van der Waals surface area contributed by atoms with E-state index in [4.69, 9.17) is 11.6 Å². The Hall–Kier alpha value is -2.66. The summed E-state index contributed by atoms with van der Waals surface area (Å²) in [6.07, 6.45) is 3.35. The third kappa shape index (κ3) is 3.81. The van der Waals surface area contributed by atoms with Crippen molar-refractivity contribution in [2.75, 3.05) is 0 Å². The number of hydrazone groups is 1. The number of carbonyl (C=O) groups excluding carboxylic acids is 1. The van der Waals surface area contributed by atoms with Gasteiger partial charge in [-0.3, -0.25) is 4.79 Å². The molecular formula is C18H17ClN4O. The summed E-state index contributed by atoms with van der Waals surface area (Å²) in [5.74, 6) is -0.372. The van der Waals surface area contributed by atoms with Crippen molar-refractivity contribution in [3.63, 3.8) is 0 Å². The van der Waals surface area contributed by atoms with E-state index in [2.05, 4.69) is 15.5 Å². The molecule has 122 valence electrons. The van der Waals surface area contributed by atoms with Gasteiger partial charge < -0.3 is 4.57 Å². The minimum Gasteiger partial charge on any atom is -0.330 e. The van der Waals surface area contributed by atoms with E-state index in [1.54, 1.807) is 24.7 Å². The number of nitrogens with one attached hydrogen (secondary N) is 1. The van der Waals surface area contributed by atoms with E-state index >= 15 is 0 Å². The second kappa shape index (κ2) is 7.27. The van der Waals surface area contributed by atoms with E-state index in [0.29, 0.717) is 11.6 Å². The van der Waals surface area contributed by atoms with Gasteiger partial charge in [0.05, 0.1) is 29.5 Å².